The highest BCUT2D eigenvalue weighted by Crippen LogP contribution is 2.48. The summed E-state index contributed by atoms with van der Waals surface area (Å²) in [6, 6.07) is 0. The van der Waals surface area contributed by atoms with Crippen molar-refractivity contribution in [1.29, 1.82) is 0 Å². The van der Waals surface area contributed by atoms with E-state index in [0.717, 1.165) is 11.8 Å². The van der Waals surface area contributed by atoms with Crippen molar-refractivity contribution in [3.8, 4) is 0 Å². The van der Waals surface area contributed by atoms with Crippen LogP contribution in [0.25, 0.3) is 0 Å². The van der Waals surface area contributed by atoms with Crippen LogP contribution in [-0.4, -0.2) is 11.1 Å². The van der Waals surface area contributed by atoms with Gasteiger partial charge in [-0.25, -0.2) is 4.79 Å². The van der Waals surface area contributed by atoms with Crippen molar-refractivity contribution in [2.45, 2.75) is 33.6 Å². The molecule has 20 heavy (non-hydrogen) atoms. The van der Waals surface area contributed by atoms with Crippen molar-refractivity contribution in [2.24, 2.45) is 35.5 Å². The first-order valence-electron chi connectivity index (χ1n) is 7.75. The molecule has 0 aromatic rings. The number of fused-ring (bicyclic) bond motifs is 1. The third-order valence-electron chi connectivity index (χ3n) is 5.00. The molecule has 1 N–H and O–H groups in total. The van der Waals surface area contributed by atoms with Crippen molar-refractivity contribution in [3.63, 3.8) is 0 Å². The molecule has 1 fully saturated rings. The second kappa shape index (κ2) is 6.43. The van der Waals surface area contributed by atoms with Gasteiger partial charge in [0.1, 0.15) is 0 Å². The molecule has 2 rings (SSSR count). The number of rotatable bonds is 3. The number of carbonyl (C=O) groups is 1. The Kier molecular flexibility index (Phi) is 4.85. The topological polar surface area (TPSA) is 37.3 Å². The van der Waals surface area contributed by atoms with Crippen molar-refractivity contribution in [2.75, 3.05) is 0 Å². The van der Waals surface area contributed by atoms with Gasteiger partial charge in [-0.2, -0.15) is 0 Å². The van der Waals surface area contributed by atoms with Gasteiger partial charge in [0, 0.05) is 6.08 Å². The molecule has 1 saturated carbocycles. The van der Waals surface area contributed by atoms with Crippen LogP contribution in [0.3, 0.4) is 0 Å². The molecule has 0 radical (unpaired) electrons. The third-order valence-corrected chi connectivity index (χ3v) is 5.00. The van der Waals surface area contributed by atoms with Crippen LogP contribution in [0.1, 0.15) is 33.6 Å². The molecule has 2 heteroatoms. The Labute approximate surface area is 122 Å². The summed E-state index contributed by atoms with van der Waals surface area (Å²) in [6.07, 6.45) is 14.4. The van der Waals surface area contributed by atoms with Crippen molar-refractivity contribution in [3.05, 3.63) is 36.5 Å². The summed E-state index contributed by atoms with van der Waals surface area (Å²) in [5, 5.41) is 8.63. The lowest BCUT2D eigenvalue weighted by atomic mass is 9.59. The summed E-state index contributed by atoms with van der Waals surface area (Å²) in [6.45, 7) is 7.01. The van der Waals surface area contributed by atoms with Crippen LogP contribution in [0.4, 0.5) is 0 Å². The number of hydrogen-bond donors (Lipinski definition) is 1. The zero-order chi connectivity index (χ0) is 14.7. The molecule has 0 bridgehead atoms. The van der Waals surface area contributed by atoms with Crippen LogP contribution in [0.5, 0.6) is 0 Å². The second-order valence-electron chi connectivity index (χ2n) is 6.70. The molecule has 2 aliphatic carbocycles. The van der Waals surface area contributed by atoms with Gasteiger partial charge in [-0.1, -0.05) is 51.2 Å². The van der Waals surface area contributed by atoms with E-state index in [9.17, 15) is 4.79 Å². The molecule has 0 heterocycles. The average molecular weight is 274 g/mol. The number of allylic oxidation sites excluding steroid dienone is 5. The van der Waals surface area contributed by atoms with E-state index >= 15 is 0 Å². The SMILES string of the molecule is CC1C[C@H](C)C[C@@H]2C=C[C@H](C)[C@H](/C=C/C=C/C(=O)O)C12. The van der Waals surface area contributed by atoms with E-state index in [1.165, 1.54) is 18.9 Å². The third kappa shape index (κ3) is 3.41. The molecule has 2 unspecified atom stereocenters. The van der Waals surface area contributed by atoms with Crippen LogP contribution >= 0.6 is 0 Å². The number of aliphatic carboxylic acids is 1. The highest BCUT2D eigenvalue weighted by Gasteiger charge is 2.40. The predicted molar refractivity (Wildman–Crippen MR) is 82.3 cm³/mol. The van der Waals surface area contributed by atoms with E-state index in [-0.39, 0.29) is 0 Å². The summed E-state index contributed by atoms with van der Waals surface area (Å²) in [5.74, 6) is 3.16. The first kappa shape index (κ1) is 15.1. The van der Waals surface area contributed by atoms with Crippen molar-refractivity contribution < 1.29 is 9.90 Å². The van der Waals surface area contributed by atoms with E-state index in [1.807, 2.05) is 6.08 Å². The Morgan fingerprint density at radius 1 is 1.15 bits per heavy atom. The Morgan fingerprint density at radius 3 is 2.60 bits per heavy atom. The lowest BCUT2D eigenvalue weighted by Crippen LogP contribution is -2.38. The highest BCUT2D eigenvalue weighted by atomic mass is 16.4. The molecule has 6 atom stereocenters. The van der Waals surface area contributed by atoms with Crippen LogP contribution in [0, 0.1) is 35.5 Å². The standard InChI is InChI=1S/C18H26O2/c1-12-10-14(3)18-15(11-12)9-8-13(2)16(18)6-4-5-7-17(19)20/h4-9,12-16,18H,10-11H2,1-3H3,(H,19,20)/b6-4+,7-5+/t12-,13-,14?,15-,16-,18?/m0/s1. The molecule has 2 nitrogen and oxygen atoms in total. The molecule has 0 amide bonds. The first-order valence-corrected chi connectivity index (χ1v) is 7.75. The minimum absolute atomic E-state index is 0.533. The molecule has 0 aromatic heterocycles. The van der Waals surface area contributed by atoms with E-state index in [1.54, 1.807) is 6.08 Å². The number of hydrogen-bond acceptors (Lipinski definition) is 1. The van der Waals surface area contributed by atoms with Gasteiger partial charge in [0.15, 0.2) is 0 Å². The number of carboxylic acids is 1. The van der Waals surface area contributed by atoms with Gasteiger partial charge >= 0.3 is 5.97 Å². The predicted octanol–water partition coefficient (Wildman–Crippen LogP) is 4.30. The van der Waals surface area contributed by atoms with Gasteiger partial charge in [0.2, 0.25) is 0 Å². The average Bonchev–Trinajstić information content (AvgIpc) is 2.36. The summed E-state index contributed by atoms with van der Waals surface area (Å²) in [7, 11) is 0. The highest BCUT2D eigenvalue weighted by molar-refractivity contribution is 5.80. The van der Waals surface area contributed by atoms with Crippen molar-refractivity contribution >= 4 is 5.97 Å². The second-order valence-corrected chi connectivity index (χ2v) is 6.70. The molecule has 0 saturated heterocycles. The maximum atomic E-state index is 10.5. The van der Waals surface area contributed by atoms with Crippen LogP contribution in [-0.2, 0) is 4.79 Å². The minimum atomic E-state index is -0.885. The van der Waals surface area contributed by atoms with Gasteiger partial charge in [0.05, 0.1) is 0 Å². The van der Waals surface area contributed by atoms with Crippen molar-refractivity contribution in [1.82, 2.24) is 0 Å². The Morgan fingerprint density at radius 2 is 1.90 bits per heavy atom. The molecule has 2 aliphatic rings. The molecule has 0 aromatic carbocycles. The number of carboxylic acid groups (broad SMARTS) is 1. The lowest BCUT2D eigenvalue weighted by molar-refractivity contribution is -0.131. The molecule has 0 aliphatic heterocycles. The zero-order valence-corrected chi connectivity index (χ0v) is 12.7. The molecular weight excluding hydrogens is 248 g/mol. The van der Waals surface area contributed by atoms with Crippen LogP contribution in [0.2, 0.25) is 0 Å². The smallest absolute Gasteiger partial charge is 0.328 e. The van der Waals surface area contributed by atoms with E-state index in [4.69, 9.17) is 5.11 Å². The van der Waals surface area contributed by atoms with Crippen LogP contribution in [0.15, 0.2) is 36.5 Å². The summed E-state index contributed by atoms with van der Waals surface area (Å²) >= 11 is 0. The largest absolute Gasteiger partial charge is 0.478 e. The maximum Gasteiger partial charge on any atom is 0.328 e. The van der Waals surface area contributed by atoms with Gasteiger partial charge < -0.3 is 5.11 Å². The van der Waals surface area contributed by atoms with Crippen LogP contribution < -0.4 is 0 Å². The summed E-state index contributed by atoms with van der Waals surface area (Å²) in [4.78, 5) is 10.5. The van der Waals surface area contributed by atoms with Gasteiger partial charge in [-0.3, -0.25) is 0 Å². The molecule has 0 spiro atoms. The maximum absolute atomic E-state index is 10.5. The quantitative estimate of drug-likeness (QED) is 0.473. The normalized spacial score (nSPS) is 41.1. The fourth-order valence-electron chi connectivity index (χ4n) is 4.23. The molecule has 110 valence electrons. The monoisotopic (exact) mass is 274 g/mol. The van der Waals surface area contributed by atoms with Gasteiger partial charge in [0.25, 0.3) is 0 Å². The fourth-order valence-corrected chi connectivity index (χ4v) is 4.23. The first-order chi connectivity index (χ1) is 9.49. The summed E-state index contributed by atoms with van der Waals surface area (Å²) < 4.78 is 0. The minimum Gasteiger partial charge on any atom is -0.478 e. The Balaban J connectivity index is 2.14. The zero-order valence-electron chi connectivity index (χ0n) is 12.7. The summed E-state index contributed by atoms with van der Waals surface area (Å²) in [5.41, 5.74) is 0. The Hall–Kier alpha value is -1.31. The van der Waals surface area contributed by atoms with E-state index in [0.29, 0.717) is 23.7 Å². The van der Waals surface area contributed by atoms with E-state index in [2.05, 4.69) is 39.0 Å². The van der Waals surface area contributed by atoms with Gasteiger partial charge in [-0.15, -0.1) is 0 Å². The Bertz CT molecular complexity index is 433. The molecular formula is C18H26O2. The fraction of sp³-hybridized carbons (Fsp3) is 0.611. The van der Waals surface area contributed by atoms with E-state index < -0.39 is 5.97 Å². The lowest BCUT2D eigenvalue weighted by Gasteiger charge is -2.46. The van der Waals surface area contributed by atoms with Gasteiger partial charge in [-0.05, 0) is 48.3 Å².